The van der Waals surface area contributed by atoms with Gasteiger partial charge in [0.05, 0.1) is 5.75 Å². The molecule has 1 heterocycles. The van der Waals surface area contributed by atoms with Crippen molar-refractivity contribution < 1.29 is 18.0 Å². The molecule has 14 heavy (non-hydrogen) atoms. The number of sulfonamides is 1. The van der Waals surface area contributed by atoms with Crippen molar-refractivity contribution in [3.8, 4) is 0 Å². The van der Waals surface area contributed by atoms with Crippen molar-refractivity contribution >= 4 is 22.0 Å². The van der Waals surface area contributed by atoms with Crippen molar-refractivity contribution in [1.29, 1.82) is 0 Å². The molecule has 1 aliphatic heterocycles. The zero-order valence-electron chi connectivity index (χ0n) is 7.53. The summed E-state index contributed by atoms with van der Waals surface area (Å²) >= 11 is 0. The number of imide groups is 1. The molecule has 1 fully saturated rings. The van der Waals surface area contributed by atoms with E-state index in [2.05, 4.69) is 10.0 Å². The average molecular weight is 221 g/mol. The molecule has 3 N–H and O–H groups in total. The van der Waals surface area contributed by atoms with Crippen LogP contribution in [0.15, 0.2) is 0 Å². The van der Waals surface area contributed by atoms with Crippen LogP contribution < -0.4 is 15.4 Å². The largest absolute Gasteiger partial charge is 0.326 e. The lowest BCUT2D eigenvalue weighted by molar-refractivity contribution is -0.120. The van der Waals surface area contributed by atoms with Crippen LogP contribution in [0.1, 0.15) is 6.42 Å². The minimum absolute atomic E-state index is 0.0702. The number of hydrogen-bond donors (Lipinski definition) is 3. The van der Waals surface area contributed by atoms with Gasteiger partial charge in [0.15, 0.2) is 0 Å². The van der Waals surface area contributed by atoms with E-state index in [1.165, 1.54) is 7.05 Å². The number of amides is 3. The highest BCUT2D eigenvalue weighted by atomic mass is 32.2. The fourth-order valence-electron chi connectivity index (χ4n) is 1.04. The maximum atomic E-state index is 11.0. The monoisotopic (exact) mass is 221 g/mol. The Balaban J connectivity index is 2.47. The van der Waals surface area contributed by atoms with E-state index < -0.39 is 28.0 Å². The second-order valence-corrected chi connectivity index (χ2v) is 4.87. The summed E-state index contributed by atoms with van der Waals surface area (Å²) in [6, 6.07) is -1.33. The van der Waals surface area contributed by atoms with Gasteiger partial charge >= 0.3 is 6.03 Å². The van der Waals surface area contributed by atoms with E-state index in [0.29, 0.717) is 0 Å². The summed E-state index contributed by atoms with van der Waals surface area (Å²) in [7, 11) is -2.03. The molecule has 0 aromatic heterocycles. The Hall–Kier alpha value is -1.15. The van der Waals surface area contributed by atoms with Gasteiger partial charge in [-0.3, -0.25) is 10.1 Å². The number of urea groups is 1. The van der Waals surface area contributed by atoms with Crippen LogP contribution in [0.5, 0.6) is 0 Å². The van der Waals surface area contributed by atoms with Crippen LogP contribution in [-0.2, 0) is 14.8 Å². The molecule has 1 saturated heterocycles. The van der Waals surface area contributed by atoms with Crippen LogP contribution in [0.25, 0.3) is 0 Å². The first-order chi connectivity index (χ1) is 6.44. The maximum absolute atomic E-state index is 11.0. The fraction of sp³-hybridized carbons (Fsp3) is 0.667. The second kappa shape index (κ2) is 3.93. The molecule has 0 aliphatic carbocycles. The molecule has 0 aromatic rings. The summed E-state index contributed by atoms with van der Waals surface area (Å²) in [4.78, 5) is 21.6. The lowest BCUT2D eigenvalue weighted by atomic mass is 10.2. The molecule has 1 rings (SSSR count). The third kappa shape index (κ3) is 2.67. The minimum atomic E-state index is -3.33. The predicted molar refractivity (Wildman–Crippen MR) is 47.9 cm³/mol. The Morgan fingerprint density at radius 3 is 2.50 bits per heavy atom. The Kier molecular flexibility index (Phi) is 3.06. The van der Waals surface area contributed by atoms with Crippen LogP contribution in [-0.4, -0.2) is 39.2 Å². The van der Waals surface area contributed by atoms with Gasteiger partial charge in [-0.1, -0.05) is 0 Å². The van der Waals surface area contributed by atoms with Crippen LogP contribution >= 0.6 is 0 Å². The third-order valence-electron chi connectivity index (χ3n) is 1.84. The van der Waals surface area contributed by atoms with Gasteiger partial charge in [-0.25, -0.2) is 17.9 Å². The Morgan fingerprint density at radius 1 is 1.43 bits per heavy atom. The number of carbonyl (C=O) groups excluding carboxylic acids is 2. The third-order valence-corrected chi connectivity index (χ3v) is 3.24. The van der Waals surface area contributed by atoms with E-state index in [4.69, 9.17) is 0 Å². The second-order valence-electron chi connectivity index (χ2n) is 2.83. The van der Waals surface area contributed by atoms with Crippen molar-refractivity contribution in [3.05, 3.63) is 0 Å². The molecule has 1 atom stereocenters. The number of carbonyl (C=O) groups is 2. The number of nitrogens with one attached hydrogen (secondary N) is 3. The van der Waals surface area contributed by atoms with Crippen molar-refractivity contribution in [1.82, 2.24) is 15.4 Å². The van der Waals surface area contributed by atoms with Crippen LogP contribution in [0, 0.1) is 0 Å². The Morgan fingerprint density at radius 2 is 2.07 bits per heavy atom. The maximum Gasteiger partial charge on any atom is 0.322 e. The normalized spacial score (nSPS) is 21.9. The molecule has 0 bridgehead atoms. The number of hydrogen-bond acceptors (Lipinski definition) is 4. The first-order valence-corrected chi connectivity index (χ1v) is 5.62. The summed E-state index contributed by atoms with van der Waals surface area (Å²) in [5, 5.41) is 4.33. The average Bonchev–Trinajstić information content (AvgIpc) is 2.42. The van der Waals surface area contributed by atoms with Gasteiger partial charge in [-0.15, -0.1) is 0 Å². The van der Waals surface area contributed by atoms with E-state index in [9.17, 15) is 18.0 Å². The van der Waals surface area contributed by atoms with E-state index in [0.717, 1.165) is 0 Å². The van der Waals surface area contributed by atoms with Crippen LogP contribution in [0.3, 0.4) is 0 Å². The summed E-state index contributed by atoms with van der Waals surface area (Å²) in [6.07, 6.45) is 0.0702. The van der Waals surface area contributed by atoms with Crippen molar-refractivity contribution in [3.63, 3.8) is 0 Å². The van der Waals surface area contributed by atoms with E-state index in [1.54, 1.807) is 0 Å². The van der Waals surface area contributed by atoms with Gasteiger partial charge in [0.2, 0.25) is 10.0 Å². The molecule has 3 amide bonds. The molecule has 0 aromatic carbocycles. The van der Waals surface area contributed by atoms with Gasteiger partial charge in [-0.05, 0) is 13.5 Å². The lowest BCUT2D eigenvalue weighted by Gasteiger charge is -2.06. The molecule has 8 heteroatoms. The zero-order valence-corrected chi connectivity index (χ0v) is 8.35. The quantitative estimate of drug-likeness (QED) is 0.484. The molecule has 0 saturated carbocycles. The van der Waals surface area contributed by atoms with Crippen LogP contribution in [0.4, 0.5) is 4.79 Å². The van der Waals surface area contributed by atoms with Crippen molar-refractivity contribution in [2.24, 2.45) is 0 Å². The van der Waals surface area contributed by atoms with Crippen molar-refractivity contribution in [2.75, 3.05) is 12.8 Å². The van der Waals surface area contributed by atoms with Gasteiger partial charge in [-0.2, -0.15) is 0 Å². The van der Waals surface area contributed by atoms with Gasteiger partial charge in [0, 0.05) is 0 Å². The molecule has 80 valence electrons. The molecule has 0 spiro atoms. The first-order valence-electron chi connectivity index (χ1n) is 3.97. The van der Waals surface area contributed by atoms with Gasteiger partial charge < -0.3 is 5.32 Å². The lowest BCUT2D eigenvalue weighted by Crippen LogP contribution is -2.33. The zero-order chi connectivity index (χ0) is 10.8. The standard InChI is InChI=1S/C6H11N3O4S/c1-7-14(12,13)3-2-4-5(10)9-6(11)8-4/h4,7H,2-3H2,1H3,(H2,8,9,10,11). The molecule has 1 aliphatic rings. The predicted octanol–water partition coefficient (Wildman–Crippen LogP) is -1.87. The molecule has 7 nitrogen and oxygen atoms in total. The Labute approximate surface area is 81.3 Å². The smallest absolute Gasteiger partial charge is 0.322 e. The van der Waals surface area contributed by atoms with E-state index in [-0.39, 0.29) is 12.2 Å². The highest BCUT2D eigenvalue weighted by molar-refractivity contribution is 7.89. The van der Waals surface area contributed by atoms with E-state index >= 15 is 0 Å². The topological polar surface area (TPSA) is 104 Å². The summed E-state index contributed by atoms with van der Waals surface area (Å²) in [5.74, 6) is -0.677. The first kappa shape index (κ1) is 10.9. The highest BCUT2D eigenvalue weighted by Gasteiger charge is 2.30. The minimum Gasteiger partial charge on any atom is -0.326 e. The Bertz CT molecular complexity index is 350. The summed E-state index contributed by atoms with van der Waals surface area (Å²) < 4.78 is 24.1. The SMILES string of the molecule is CNS(=O)(=O)CCC1NC(=O)NC1=O. The summed E-state index contributed by atoms with van der Waals surface area (Å²) in [5.41, 5.74) is 0. The molecule has 0 radical (unpaired) electrons. The van der Waals surface area contributed by atoms with Crippen molar-refractivity contribution in [2.45, 2.75) is 12.5 Å². The van der Waals surface area contributed by atoms with Gasteiger partial charge in [0.25, 0.3) is 5.91 Å². The number of rotatable bonds is 4. The molecule has 1 unspecified atom stereocenters. The molecular weight excluding hydrogens is 210 g/mol. The summed E-state index contributed by atoms with van der Waals surface area (Å²) in [6.45, 7) is 0. The fourth-order valence-corrected chi connectivity index (χ4v) is 1.79. The molecular formula is C6H11N3O4S. The van der Waals surface area contributed by atoms with Crippen LogP contribution in [0.2, 0.25) is 0 Å². The highest BCUT2D eigenvalue weighted by Crippen LogP contribution is 2.00. The van der Waals surface area contributed by atoms with Gasteiger partial charge in [0.1, 0.15) is 6.04 Å². The van der Waals surface area contributed by atoms with E-state index in [1.807, 2.05) is 5.32 Å².